The first-order chi connectivity index (χ1) is 8.24. The van der Waals surface area contributed by atoms with Crippen LogP contribution in [0, 0.1) is 0 Å². The molecule has 17 heavy (non-hydrogen) atoms. The summed E-state index contributed by atoms with van der Waals surface area (Å²) in [6, 6.07) is 6.51. The SMILES string of the molecule is O=C(O)CCc1c[nH]c2cc(C3CC3)ccc12. The Morgan fingerprint density at radius 2 is 2.24 bits per heavy atom. The summed E-state index contributed by atoms with van der Waals surface area (Å²) >= 11 is 0. The first-order valence-corrected chi connectivity index (χ1v) is 6.06. The van der Waals surface area contributed by atoms with Crippen LogP contribution >= 0.6 is 0 Å². The van der Waals surface area contributed by atoms with Crippen LogP contribution in [0.2, 0.25) is 0 Å². The molecule has 0 bridgehead atoms. The molecule has 88 valence electrons. The molecule has 0 aliphatic heterocycles. The minimum Gasteiger partial charge on any atom is -0.481 e. The molecule has 3 heteroatoms. The maximum absolute atomic E-state index is 10.6. The standard InChI is InChI=1S/C14H15NO2/c16-14(17)6-4-11-8-15-13-7-10(9-1-2-9)3-5-12(11)13/h3,5,7-9,15H,1-2,4,6H2,(H,16,17). The van der Waals surface area contributed by atoms with Crippen molar-refractivity contribution in [2.75, 3.05) is 0 Å². The average Bonchev–Trinajstić information content (AvgIpc) is 3.08. The third kappa shape index (κ3) is 2.05. The predicted octanol–water partition coefficient (Wildman–Crippen LogP) is 3.06. The van der Waals surface area contributed by atoms with Gasteiger partial charge >= 0.3 is 5.97 Å². The zero-order chi connectivity index (χ0) is 11.8. The first-order valence-electron chi connectivity index (χ1n) is 6.06. The number of nitrogens with one attached hydrogen (secondary N) is 1. The second kappa shape index (κ2) is 3.91. The third-order valence-electron chi connectivity index (χ3n) is 3.45. The van der Waals surface area contributed by atoms with Crippen LogP contribution in [0.25, 0.3) is 10.9 Å². The Morgan fingerprint density at radius 1 is 1.41 bits per heavy atom. The Hall–Kier alpha value is -1.77. The fourth-order valence-electron chi connectivity index (χ4n) is 2.32. The van der Waals surface area contributed by atoms with Gasteiger partial charge in [-0.15, -0.1) is 0 Å². The first kappa shape index (κ1) is 10.4. The highest BCUT2D eigenvalue weighted by Crippen LogP contribution is 2.41. The van der Waals surface area contributed by atoms with Gasteiger partial charge in [0.25, 0.3) is 0 Å². The smallest absolute Gasteiger partial charge is 0.303 e. The fraction of sp³-hybridized carbons (Fsp3) is 0.357. The minimum absolute atomic E-state index is 0.192. The molecule has 3 rings (SSSR count). The van der Waals surface area contributed by atoms with Crippen LogP contribution in [0.3, 0.4) is 0 Å². The Labute approximate surface area is 99.5 Å². The summed E-state index contributed by atoms with van der Waals surface area (Å²) in [5.41, 5.74) is 3.64. The van der Waals surface area contributed by atoms with E-state index in [0.29, 0.717) is 6.42 Å². The molecule has 0 saturated heterocycles. The van der Waals surface area contributed by atoms with E-state index in [0.717, 1.165) is 22.4 Å². The van der Waals surface area contributed by atoms with Crippen molar-refractivity contribution < 1.29 is 9.90 Å². The number of hydrogen-bond acceptors (Lipinski definition) is 1. The van der Waals surface area contributed by atoms with Crippen molar-refractivity contribution in [3.63, 3.8) is 0 Å². The molecule has 0 radical (unpaired) electrons. The monoisotopic (exact) mass is 229 g/mol. The molecule has 1 aromatic heterocycles. The Balaban J connectivity index is 1.90. The Bertz CT molecular complexity index is 567. The zero-order valence-corrected chi connectivity index (χ0v) is 9.57. The summed E-state index contributed by atoms with van der Waals surface area (Å²) in [4.78, 5) is 13.8. The number of aromatic amines is 1. The number of fused-ring (bicyclic) bond motifs is 1. The van der Waals surface area contributed by atoms with E-state index in [1.807, 2.05) is 6.20 Å². The molecule has 1 fully saturated rings. The molecule has 1 aliphatic rings. The van der Waals surface area contributed by atoms with E-state index in [2.05, 4.69) is 23.2 Å². The molecule has 1 aliphatic carbocycles. The topological polar surface area (TPSA) is 53.1 Å². The molecule has 0 amide bonds. The van der Waals surface area contributed by atoms with E-state index in [1.165, 1.54) is 18.4 Å². The average molecular weight is 229 g/mol. The lowest BCUT2D eigenvalue weighted by atomic mass is 10.0. The molecular weight excluding hydrogens is 214 g/mol. The number of H-pyrrole nitrogens is 1. The lowest BCUT2D eigenvalue weighted by Crippen LogP contribution is -1.96. The van der Waals surface area contributed by atoms with E-state index in [9.17, 15) is 4.79 Å². The summed E-state index contributed by atoms with van der Waals surface area (Å²) in [5.74, 6) is 0.0131. The number of carboxylic acid groups (broad SMARTS) is 1. The third-order valence-corrected chi connectivity index (χ3v) is 3.45. The number of hydrogen-bond donors (Lipinski definition) is 2. The van der Waals surface area contributed by atoms with Gasteiger partial charge in [0.05, 0.1) is 0 Å². The van der Waals surface area contributed by atoms with Gasteiger partial charge in [-0.05, 0) is 42.4 Å². The van der Waals surface area contributed by atoms with Gasteiger partial charge in [-0.25, -0.2) is 0 Å². The van der Waals surface area contributed by atoms with Crippen molar-refractivity contribution in [1.29, 1.82) is 0 Å². The number of carbonyl (C=O) groups is 1. The molecule has 2 aromatic rings. The van der Waals surface area contributed by atoms with Gasteiger partial charge in [-0.1, -0.05) is 12.1 Å². The van der Waals surface area contributed by atoms with E-state index in [4.69, 9.17) is 5.11 Å². The van der Waals surface area contributed by atoms with Gasteiger partial charge in [-0.3, -0.25) is 4.79 Å². The van der Waals surface area contributed by atoms with Gasteiger partial charge in [-0.2, -0.15) is 0 Å². The molecule has 2 N–H and O–H groups in total. The number of aryl methyl sites for hydroxylation is 1. The van der Waals surface area contributed by atoms with Gasteiger partial charge in [0.2, 0.25) is 0 Å². The van der Waals surface area contributed by atoms with Crippen LogP contribution in [0.5, 0.6) is 0 Å². The molecular formula is C14H15NO2. The number of aromatic nitrogens is 1. The van der Waals surface area contributed by atoms with Gasteiger partial charge in [0.15, 0.2) is 0 Å². The summed E-state index contributed by atoms with van der Waals surface area (Å²) in [7, 11) is 0. The Kier molecular flexibility index (Phi) is 2.39. The number of rotatable bonds is 4. The van der Waals surface area contributed by atoms with Crippen LogP contribution in [-0.4, -0.2) is 16.1 Å². The summed E-state index contributed by atoms with van der Waals surface area (Å²) in [6.45, 7) is 0. The van der Waals surface area contributed by atoms with Gasteiger partial charge in [0, 0.05) is 23.5 Å². The maximum Gasteiger partial charge on any atom is 0.303 e. The molecule has 0 atom stereocenters. The van der Waals surface area contributed by atoms with Crippen molar-refractivity contribution >= 4 is 16.9 Å². The van der Waals surface area contributed by atoms with Crippen molar-refractivity contribution in [3.05, 3.63) is 35.5 Å². The highest BCUT2D eigenvalue weighted by molar-refractivity contribution is 5.84. The molecule has 1 heterocycles. The number of carboxylic acids is 1. The van der Waals surface area contributed by atoms with Crippen molar-refractivity contribution in [2.45, 2.75) is 31.6 Å². The van der Waals surface area contributed by atoms with Crippen LogP contribution in [0.1, 0.15) is 36.3 Å². The van der Waals surface area contributed by atoms with Crippen LogP contribution in [0.15, 0.2) is 24.4 Å². The van der Waals surface area contributed by atoms with Crippen molar-refractivity contribution in [1.82, 2.24) is 4.98 Å². The lowest BCUT2D eigenvalue weighted by Gasteiger charge is -2.00. The van der Waals surface area contributed by atoms with E-state index < -0.39 is 5.97 Å². The van der Waals surface area contributed by atoms with E-state index in [1.54, 1.807) is 0 Å². The summed E-state index contributed by atoms with van der Waals surface area (Å²) < 4.78 is 0. The highest BCUT2D eigenvalue weighted by atomic mass is 16.4. The fourth-order valence-corrected chi connectivity index (χ4v) is 2.32. The predicted molar refractivity (Wildman–Crippen MR) is 66.2 cm³/mol. The number of benzene rings is 1. The molecule has 1 saturated carbocycles. The van der Waals surface area contributed by atoms with Crippen molar-refractivity contribution in [3.8, 4) is 0 Å². The zero-order valence-electron chi connectivity index (χ0n) is 9.57. The molecule has 3 nitrogen and oxygen atoms in total. The maximum atomic E-state index is 10.6. The largest absolute Gasteiger partial charge is 0.481 e. The second-order valence-electron chi connectivity index (χ2n) is 4.79. The molecule has 0 unspecified atom stereocenters. The van der Waals surface area contributed by atoms with Gasteiger partial charge in [0.1, 0.15) is 0 Å². The number of aliphatic carboxylic acids is 1. The Morgan fingerprint density at radius 3 is 2.94 bits per heavy atom. The van der Waals surface area contributed by atoms with Crippen LogP contribution in [-0.2, 0) is 11.2 Å². The summed E-state index contributed by atoms with van der Waals surface area (Å²) in [6.07, 6.45) is 5.33. The minimum atomic E-state index is -0.742. The van der Waals surface area contributed by atoms with E-state index >= 15 is 0 Å². The van der Waals surface area contributed by atoms with E-state index in [-0.39, 0.29) is 6.42 Å². The molecule has 0 spiro atoms. The van der Waals surface area contributed by atoms with Gasteiger partial charge < -0.3 is 10.1 Å². The quantitative estimate of drug-likeness (QED) is 0.846. The van der Waals surface area contributed by atoms with Crippen LogP contribution in [0.4, 0.5) is 0 Å². The second-order valence-corrected chi connectivity index (χ2v) is 4.79. The normalized spacial score (nSPS) is 15.3. The molecule has 1 aromatic carbocycles. The lowest BCUT2D eigenvalue weighted by molar-refractivity contribution is -0.136. The van der Waals surface area contributed by atoms with Crippen molar-refractivity contribution in [2.24, 2.45) is 0 Å². The van der Waals surface area contributed by atoms with Crippen LogP contribution < -0.4 is 0 Å². The highest BCUT2D eigenvalue weighted by Gasteiger charge is 2.23. The summed E-state index contributed by atoms with van der Waals surface area (Å²) in [5, 5.41) is 9.86.